The molecule has 22 heavy (non-hydrogen) atoms. The molecule has 3 rings (SSSR count). The van der Waals surface area contributed by atoms with Crippen LogP contribution in [0.2, 0.25) is 0 Å². The SMILES string of the molecule is O=C(C1CC1)N1CCCN(c2c(F)c(F)nc(F)c2F)CC1. The Kier molecular flexibility index (Phi) is 3.92. The third-order valence-corrected chi connectivity index (χ3v) is 4.02. The largest absolute Gasteiger partial charge is 0.365 e. The molecule has 120 valence electrons. The van der Waals surface area contributed by atoms with Crippen molar-refractivity contribution in [3.05, 3.63) is 23.5 Å². The second-order valence-electron chi connectivity index (χ2n) is 5.61. The molecule has 0 unspecified atom stereocenters. The zero-order valence-corrected chi connectivity index (χ0v) is 11.8. The van der Waals surface area contributed by atoms with Gasteiger partial charge in [-0.2, -0.15) is 22.5 Å². The minimum Gasteiger partial charge on any atom is -0.365 e. The molecule has 0 atom stereocenters. The molecule has 2 fully saturated rings. The molecule has 0 spiro atoms. The topological polar surface area (TPSA) is 36.4 Å². The summed E-state index contributed by atoms with van der Waals surface area (Å²) in [5.74, 6) is -6.21. The van der Waals surface area contributed by atoms with Crippen LogP contribution < -0.4 is 4.90 Å². The Morgan fingerprint density at radius 2 is 1.59 bits per heavy atom. The minimum absolute atomic E-state index is 0.0508. The summed E-state index contributed by atoms with van der Waals surface area (Å²) in [6.45, 7) is 1.09. The second-order valence-corrected chi connectivity index (χ2v) is 5.61. The monoisotopic (exact) mass is 317 g/mol. The first-order valence-electron chi connectivity index (χ1n) is 7.22. The summed E-state index contributed by atoms with van der Waals surface area (Å²) in [5, 5.41) is 0. The van der Waals surface area contributed by atoms with Crippen molar-refractivity contribution in [2.75, 3.05) is 31.1 Å². The van der Waals surface area contributed by atoms with Gasteiger partial charge in [0, 0.05) is 32.1 Å². The molecule has 1 aliphatic heterocycles. The number of aromatic nitrogens is 1. The van der Waals surface area contributed by atoms with Gasteiger partial charge in [0.15, 0.2) is 0 Å². The Bertz CT molecular complexity index is 580. The lowest BCUT2D eigenvalue weighted by Gasteiger charge is -2.24. The van der Waals surface area contributed by atoms with Gasteiger partial charge < -0.3 is 9.80 Å². The molecular formula is C14H15F4N3O. The number of nitrogens with zero attached hydrogens (tertiary/aromatic N) is 3. The van der Waals surface area contributed by atoms with Crippen LogP contribution in [0.1, 0.15) is 19.3 Å². The molecule has 1 aliphatic carbocycles. The number of hydrogen-bond acceptors (Lipinski definition) is 3. The zero-order chi connectivity index (χ0) is 15.9. The first-order chi connectivity index (χ1) is 10.5. The molecule has 1 aromatic heterocycles. The van der Waals surface area contributed by atoms with Gasteiger partial charge in [-0.3, -0.25) is 4.79 Å². The van der Waals surface area contributed by atoms with Crippen LogP contribution in [0, 0.1) is 29.4 Å². The van der Waals surface area contributed by atoms with Gasteiger partial charge in [-0.1, -0.05) is 0 Å². The van der Waals surface area contributed by atoms with E-state index >= 15 is 0 Å². The highest BCUT2D eigenvalue weighted by Gasteiger charge is 2.34. The van der Waals surface area contributed by atoms with E-state index in [2.05, 4.69) is 4.98 Å². The van der Waals surface area contributed by atoms with E-state index in [0.29, 0.717) is 13.0 Å². The molecule has 1 amide bonds. The van der Waals surface area contributed by atoms with Gasteiger partial charge in [0.05, 0.1) is 0 Å². The zero-order valence-electron chi connectivity index (χ0n) is 11.8. The lowest BCUT2D eigenvalue weighted by molar-refractivity contribution is -0.132. The molecule has 1 saturated carbocycles. The van der Waals surface area contributed by atoms with Crippen LogP contribution in [0.5, 0.6) is 0 Å². The first kappa shape index (κ1) is 15.1. The quantitative estimate of drug-likeness (QED) is 0.619. The van der Waals surface area contributed by atoms with Crippen LogP contribution >= 0.6 is 0 Å². The Morgan fingerprint density at radius 1 is 0.955 bits per heavy atom. The summed E-state index contributed by atoms with van der Waals surface area (Å²) in [5.41, 5.74) is -0.745. The Labute approximate surface area is 124 Å². The molecule has 0 aromatic carbocycles. The van der Waals surface area contributed by atoms with E-state index in [9.17, 15) is 22.4 Å². The van der Waals surface area contributed by atoms with Crippen LogP contribution in [-0.4, -0.2) is 42.0 Å². The van der Waals surface area contributed by atoms with Crippen LogP contribution in [-0.2, 0) is 4.79 Å². The number of anilines is 1. The van der Waals surface area contributed by atoms with E-state index < -0.39 is 29.2 Å². The summed E-state index contributed by atoms with van der Waals surface area (Å²) < 4.78 is 54.0. The summed E-state index contributed by atoms with van der Waals surface area (Å²) in [4.78, 5) is 17.5. The average Bonchev–Trinajstić information content (AvgIpc) is 3.32. The Balaban J connectivity index is 1.80. The van der Waals surface area contributed by atoms with Crippen molar-refractivity contribution in [2.24, 2.45) is 5.92 Å². The fraction of sp³-hybridized carbons (Fsp3) is 0.571. The summed E-state index contributed by atoms with van der Waals surface area (Å²) >= 11 is 0. The first-order valence-corrected chi connectivity index (χ1v) is 7.22. The predicted molar refractivity (Wildman–Crippen MR) is 70.2 cm³/mol. The fourth-order valence-electron chi connectivity index (χ4n) is 2.70. The minimum atomic E-state index is -1.66. The van der Waals surface area contributed by atoms with Gasteiger partial charge >= 0.3 is 0 Å². The van der Waals surface area contributed by atoms with Gasteiger partial charge in [-0.15, -0.1) is 0 Å². The van der Waals surface area contributed by atoms with Crippen molar-refractivity contribution in [1.82, 2.24) is 9.88 Å². The van der Waals surface area contributed by atoms with Crippen molar-refractivity contribution < 1.29 is 22.4 Å². The van der Waals surface area contributed by atoms with Gasteiger partial charge in [-0.25, -0.2) is 0 Å². The number of rotatable bonds is 2. The molecule has 2 aliphatic rings. The van der Waals surface area contributed by atoms with Crippen LogP contribution in [0.25, 0.3) is 0 Å². The summed E-state index contributed by atoms with van der Waals surface area (Å²) in [6, 6.07) is 0. The lowest BCUT2D eigenvalue weighted by Crippen LogP contribution is -2.36. The number of carbonyl (C=O) groups excluding carboxylic acids is 1. The molecule has 1 aromatic rings. The smallest absolute Gasteiger partial charge is 0.253 e. The fourth-order valence-corrected chi connectivity index (χ4v) is 2.70. The van der Waals surface area contributed by atoms with Crippen molar-refractivity contribution in [3.63, 3.8) is 0 Å². The molecule has 0 bridgehead atoms. The van der Waals surface area contributed by atoms with E-state index in [1.807, 2.05) is 0 Å². The van der Waals surface area contributed by atoms with Crippen molar-refractivity contribution in [3.8, 4) is 0 Å². The maximum atomic E-state index is 13.8. The second kappa shape index (κ2) is 5.73. The van der Waals surface area contributed by atoms with Gasteiger partial charge in [0.1, 0.15) is 5.69 Å². The molecule has 2 heterocycles. The predicted octanol–water partition coefficient (Wildman–Crippen LogP) is 2.09. The van der Waals surface area contributed by atoms with E-state index in [0.717, 1.165) is 12.8 Å². The van der Waals surface area contributed by atoms with E-state index in [1.165, 1.54) is 4.90 Å². The number of hydrogen-bond donors (Lipinski definition) is 0. The van der Waals surface area contributed by atoms with Crippen LogP contribution in [0.15, 0.2) is 0 Å². The number of pyridine rings is 1. The average molecular weight is 317 g/mol. The highest BCUT2D eigenvalue weighted by Crippen LogP contribution is 2.32. The highest BCUT2D eigenvalue weighted by molar-refractivity contribution is 5.81. The lowest BCUT2D eigenvalue weighted by atomic mass is 10.3. The number of halogens is 4. The van der Waals surface area contributed by atoms with Gasteiger partial charge in [0.2, 0.25) is 17.5 Å². The van der Waals surface area contributed by atoms with Crippen molar-refractivity contribution in [1.29, 1.82) is 0 Å². The molecule has 0 N–H and O–H groups in total. The van der Waals surface area contributed by atoms with E-state index in [1.54, 1.807) is 4.90 Å². The van der Waals surface area contributed by atoms with Crippen molar-refractivity contribution in [2.45, 2.75) is 19.3 Å². The van der Waals surface area contributed by atoms with Crippen LogP contribution in [0.3, 0.4) is 0 Å². The number of carbonyl (C=O) groups is 1. The normalized spacial score (nSPS) is 19.3. The maximum absolute atomic E-state index is 13.8. The summed E-state index contributed by atoms with van der Waals surface area (Å²) in [7, 11) is 0. The standard InChI is InChI=1S/C14H15F4N3O/c15-9-11(10(16)13(18)19-12(9)17)20-4-1-5-21(7-6-20)14(22)8-2-3-8/h8H,1-7H2. The molecule has 1 saturated heterocycles. The van der Waals surface area contributed by atoms with Crippen LogP contribution in [0.4, 0.5) is 23.2 Å². The Hall–Kier alpha value is -1.86. The maximum Gasteiger partial charge on any atom is 0.253 e. The van der Waals surface area contributed by atoms with Crippen molar-refractivity contribution >= 4 is 11.6 Å². The highest BCUT2D eigenvalue weighted by atomic mass is 19.2. The van der Waals surface area contributed by atoms with Gasteiger partial charge in [-0.05, 0) is 19.3 Å². The summed E-state index contributed by atoms with van der Waals surface area (Å²) in [6.07, 6.45) is 2.23. The van der Waals surface area contributed by atoms with E-state index in [-0.39, 0.29) is 31.5 Å². The molecule has 8 heteroatoms. The molecule has 0 radical (unpaired) electrons. The third kappa shape index (κ3) is 2.74. The third-order valence-electron chi connectivity index (χ3n) is 4.02. The molecule has 4 nitrogen and oxygen atoms in total. The van der Waals surface area contributed by atoms with E-state index in [4.69, 9.17) is 0 Å². The Morgan fingerprint density at radius 3 is 2.18 bits per heavy atom. The van der Waals surface area contributed by atoms with Gasteiger partial charge in [0.25, 0.3) is 11.9 Å². The number of amides is 1. The molecular weight excluding hydrogens is 302 g/mol.